The maximum atomic E-state index is 13.6. The first kappa shape index (κ1) is 28.0. The van der Waals surface area contributed by atoms with Crippen LogP contribution in [0.1, 0.15) is 22.3 Å². The Labute approximate surface area is 218 Å². The average molecular weight is 526 g/mol. The molecule has 0 saturated carbocycles. The van der Waals surface area contributed by atoms with Crippen molar-refractivity contribution in [2.45, 2.75) is 32.5 Å². The van der Waals surface area contributed by atoms with Gasteiger partial charge in [0.25, 0.3) is 0 Å². The molecule has 0 unspecified atom stereocenters. The van der Waals surface area contributed by atoms with Crippen molar-refractivity contribution in [3.63, 3.8) is 0 Å². The zero-order valence-electron chi connectivity index (χ0n) is 21.2. The number of hydrogen-bond acceptors (Lipinski definition) is 4. The van der Waals surface area contributed by atoms with E-state index in [4.69, 9.17) is 0 Å². The molecule has 0 aliphatic rings. The third kappa shape index (κ3) is 8.51. The van der Waals surface area contributed by atoms with Gasteiger partial charge in [-0.05, 0) is 35.7 Å². The highest BCUT2D eigenvalue weighted by Crippen LogP contribution is 2.16. The smallest absolute Gasteiger partial charge is 0.243 e. The van der Waals surface area contributed by atoms with Crippen LogP contribution in [0.3, 0.4) is 0 Å². The molecule has 1 atom stereocenters. The highest BCUT2D eigenvalue weighted by atomic mass is 32.2. The van der Waals surface area contributed by atoms with Crippen molar-refractivity contribution in [1.29, 1.82) is 0 Å². The number of benzene rings is 3. The number of halogens is 1. The molecule has 0 fully saturated rings. The Hall–Kier alpha value is -3.56. The van der Waals surface area contributed by atoms with Gasteiger partial charge in [-0.1, -0.05) is 72.3 Å². The number of nitrogens with one attached hydrogen (secondary N) is 1. The molecule has 9 heteroatoms. The van der Waals surface area contributed by atoms with Gasteiger partial charge in [-0.25, -0.2) is 12.8 Å². The zero-order chi connectivity index (χ0) is 27.0. The van der Waals surface area contributed by atoms with Crippen LogP contribution in [0.25, 0.3) is 0 Å². The second-order valence-corrected chi connectivity index (χ2v) is 11.2. The Bertz CT molecular complexity index is 1300. The van der Waals surface area contributed by atoms with Gasteiger partial charge in [0, 0.05) is 26.6 Å². The van der Waals surface area contributed by atoms with Crippen molar-refractivity contribution in [2.24, 2.45) is 0 Å². The van der Waals surface area contributed by atoms with Crippen molar-refractivity contribution < 1.29 is 22.4 Å². The van der Waals surface area contributed by atoms with Crippen molar-refractivity contribution in [3.8, 4) is 0 Å². The molecule has 3 aromatic carbocycles. The highest BCUT2D eigenvalue weighted by Gasteiger charge is 2.31. The molecule has 0 radical (unpaired) electrons. The van der Waals surface area contributed by atoms with Gasteiger partial charge in [-0.3, -0.25) is 9.59 Å². The molecule has 0 aliphatic heterocycles. The van der Waals surface area contributed by atoms with Gasteiger partial charge in [0.15, 0.2) is 0 Å². The van der Waals surface area contributed by atoms with Gasteiger partial charge >= 0.3 is 0 Å². The molecule has 2 amide bonds. The number of nitrogens with zero attached hydrogens (tertiary/aromatic N) is 2. The van der Waals surface area contributed by atoms with Crippen molar-refractivity contribution in [2.75, 3.05) is 19.8 Å². The molecule has 7 nitrogen and oxygen atoms in total. The molecule has 196 valence electrons. The van der Waals surface area contributed by atoms with E-state index in [9.17, 15) is 22.4 Å². The summed E-state index contributed by atoms with van der Waals surface area (Å²) in [7, 11) is -2.32. The van der Waals surface area contributed by atoms with Crippen LogP contribution in [-0.4, -0.2) is 55.3 Å². The molecule has 0 saturated heterocycles. The zero-order valence-corrected chi connectivity index (χ0v) is 22.0. The van der Waals surface area contributed by atoms with E-state index in [2.05, 4.69) is 5.32 Å². The van der Waals surface area contributed by atoms with E-state index in [-0.39, 0.29) is 25.4 Å². The average Bonchev–Trinajstić information content (AvgIpc) is 2.86. The molecule has 1 N–H and O–H groups in total. The number of aryl methyl sites for hydroxylation is 1. The number of sulfonamides is 1. The first-order valence-electron chi connectivity index (χ1n) is 11.9. The number of hydrogen-bond donors (Lipinski definition) is 1. The molecule has 3 rings (SSSR count). The number of carbonyl (C=O) groups is 2. The van der Waals surface area contributed by atoms with E-state index in [0.29, 0.717) is 5.56 Å². The first-order chi connectivity index (χ1) is 17.5. The molecule has 0 aromatic heterocycles. The molecule has 37 heavy (non-hydrogen) atoms. The Morgan fingerprint density at radius 3 is 2.08 bits per heavy atom. The van der Waals surface area contributed by atoms with Crippen LogP contribution < -0.4 is 5.32 Å². The third-order valence-electron chi connectivity index (χ3n) is 6.05. The Balaban J connectivity index is 1.93. The summed E-state index contributed by atoms with van der Waals surface area (Å²) in [6.45, 7) is 1.82. The number of amides is 2. The van der Waals surface area contributed by atoms with E-state index >= 15 is 0 Å². The number of carbonyl (C=O) groups excluding carboxylic acids is 2. The van der Waals surface area contributed by atoms with Crippen molar-refractivity contribution in [3.05, 3.63) is 107 Å². The summed E-state index contributed by atoms with van der Waals surface area (Å²) in [5.74, 6) is -1.33. The second kappa shape index (κ2) is 12.6. The van der Waals surface area contributed by atoms with Crippen LogP contribution in [-0.2, 0) is 39.1 Å². The van der Waals surface area contributed by atoms with Crippen LogP contribution in [0.15, 0.2) is 78.9 Å². The quantitative estimate of drug-likeness (QED) is 0.416. The van der Waals surface area contributed by atoms with Gasteiger partial charge in [0.1, 0.15) is 11.9 Å². The lowest BCUT2D eigenvalue weighted by molar-refractivity contribution is -0.141. The van der Waals surface area contributed by atoms with Gasteiger partial charge in [0.05, 0.1) is 12.8 Å². The second-order valence-electron chi connectivity index (χ2n) is 9.08. The lowest BCUT2D eigenvalue weighted by atomic mass is 10.0. The van der Waals surface area contributed by atoms with Crippen LogP contribution >= 0.6 is 0 Å². The van der Waals surface area contributed by atoms with Gasteiger partial charge < -0.3 is 10.2 Å². The SMILES string of the molecule is Cc1ccc(CNC(=O)[C@H](Cc2ccccc2)N(Cc2ccc(F)cc2)C(=O)CN(C)S(C)(=O)=O)cc1. The van der Waals surface area contributed by atoms with E-state index in [1.54, 1.807) is 12.1 Å². The number of rotatable bonds is 11. The molecule has 0 spiro atoms. The predicted molar refractivity (Wildman–Crippen MR) is 141 cm³/mol. The Kier molecular flexibility index (Phi) is 9.54. The summed E-state index contributed by atoms with van der Waals surface area (Å²) in [6.07, 6.45) is 1.23. The van der Waals surface area contributed by atoms with Gasteiger partial charge in [0.2, 0.25) is 21.8 Å². The Morgan fingerprint density at radius 1 is 0.892 bits per heavy atom. The standard InChI is InChI=1S/C28H32FN3O4S/c1-21-9-11-23(12-10-21)18-30-28(34)26(17-22-7-5-4-6-8-22)32(19-24-13-15-25(29)16-14-24)27(33)20-31(2)37(3,35)36/h4-16,26H,17-20H2,1-3H3,(H,30,34)/t26-/m0/s1. The van der Waals surface area contributed by atoms with E-state index in [0.717, 1.165) is 27.3 Å². The minimum atomic E-state index is -3.63. The lowest BCUT2D eigenvalue weighted by Gasteiger charge is -2.32. The van der Waals surface area contributed by atoms with Crippen LogP contribution in [0.4, 0.5) is 4.39 Å². The molecule has 3 aromatic rings. The van der Waals surface area contributed by atoms with E-state index in [1.807, 2.05) is 61.5 Å². The topological polar surface area (TPSA) is 86.8 Å². The third-order valence-corrected chi connectivity index (χ3v) is 7.31. The van der Waals surface area contributed by atoms with E-state index in [1.165, 1.54) is 24.1 Å². The molecule has 0 heterocycles. The largest absolute Gasteiger partial charge is 0.350 e. The summed E-state index contributed by atoms with van der Waals surface area (Å²) in [6, 6.07) is 21.7. The van der Waals surface area contributed by atoms with Gasteiger partial charge in [-0.2, -0.15) is 4.31 Å². The van der Waals surface area contributed by atoms with Crippen LogP contribution in [0.5, 0.6) is 0 Å². The predicted octanol–water partition coefficient (Wildman–Crippen LogP) is 3.28. The lowest BCUT2D eigenvalue weighted by Crippen LogP contribution is -2.52. The Morgan fingerprint density at radius 2 is 1.49 bits per heavy atom. The minimum Gasteiger partial charge on any atom is -0.350 e. The monoisotopic (exact) mass is 525 g/mol. The first-order valence-corrected chi connectivity index (χ1v) is 13.7. The maximum absolute atomic E-state index is 13.6. The van der Waals surface area contributed by atoms with Crippen molar-refractivity contribution in [1.82, 2.24) is 14.5 Å². The summed E-state index contributed by atoms with van der Waals surface area (Å²) >= 11 is 0. The van der Waals surface area contributed by atoms with Crippen LogP contribution in [0, 0.1) is 12.7 Å². The normalized spacial score (nSPS) is 12.2. The maximum Gasteiger partial charge on any atom is 0.243 e. The molecule has 0 bridgehead atoms. The molecular weight excluding hydrogens is 493 g/mol. The summed E-state index contributed by atoms with van der Waals surface area (Å²) < 4.78 is 38.5. The van der Waals surface area contributed by atoms with E-state index < -0.39 is 34.3 Å². The number of likely N-dealkylation sites (N-methyl/N-ethyl adjacent to an activating group) is 1. The van der Waals surface area contributed by atoms with Crippen molar-refractivity contribution >= 4 is 21.8 Å². The van der Waals surface area contributed by atoms with Crippen LogP contribution in [0.2, 0.25) is 0 Å². The fraction of sp³-hybridized carbons (Fsp3) is 0.286. The molecular formula is C28H32FN3O4S. The summed E-state index contributed by atoms with van der Waals surface area (Å²) in [5, 5.41) is 2.93. The summed E-state index contributed by atoms with van der Waals surface area (Å²) in [5.41, 5.74) is 3.46. The molecule has 0 aliphatic carbocycles. The fourth-order valence-electron chi connectivity index (χ4n) is 3.75. The fourth-order valence-corrected chi connectivity index (χ4v) is 4.10. The summed E-state index contributed by atoms with van der Waals surface area (Å²) in [4.78, 5) is 28.4. The highest BCUT2D eigenvalue weighted by molar-refractivity contribution is 7.88. The van der Waals surface area contributed by atoms with Gasteiger partial charge in [-0.15, -0.1) is 0 Å². The minimum absolute atomic E-state index is 0.00612.